The van der Waals surface area contributed by atoms with E-state index < -0.39 is 0 Å². The number of carbonyl (C=O) groups is 1. The molecule has 0 aromatic carbocycles. The van der Waals surface area contributed by atoms with E-state index in [2.05, 4.69) is 15.0 Å². The van der Waals surface area contributed by atoms with Crippen molar-refractivity contribution in [1.82, 2.24) is 15.0 Å². The Morgan fingerprint density at radius 2 is 2.29 bits per heavy atom. The summed E-state index contributed by atoms with van der Waals surface area (Å²) in [6.45, 7) is 1.78. The SMILES string of the molecule is Cc1ncncc1C(=O)c1cscn1. The molecule has 0 spiro atoms. The molecule has 0 saturated heterocycles. The summed E-state index contributed by atoms with van der Waals surface area (Å²) in [7, 11) is 0. The normalized spacial score (nSPS) is 10.1. The highest BCUT2D eigenvalue weighted by Crippen LogP contribution is 2.10. The largest absolute Gasteiger partial charge is 0.287 e. The van der Waals surface area contributed by atoms with Crippen LogP contribution < -0.4 is 0 Å². The topological polar surface area (TPSA) is 55.7 Å². The van der Waals surface area contributed by atoms with Crippen LogP contribution in [0, 0.1) is 6.92 Å². The fraction of sp³-hybridized carbons (Fsp3) is 0.111. The molecule has 2 heterocycles. The number of carbonyl (C=O) groups excluding carboxylic acids is 1. The van der Waals surface area contributed by atoms with Crippen molar-refractivity contribution < 1.29 is 4.79 Å². The first-order valence-corrected chi connectivity index (χ1v) is 4.93. The summed E-state index contributed by atoms with van der Waals surface area (Å²) < 4.78 is 0. The number of nitrogens with zero attached hydrogens (tertiary/aromatic N) is 3. The standard InChI is InChI=1S/C9H7N3OS/c1-6-7(2-10-4-11-6)9(13)8-3-14-5-12-8/h2-5H,1H3. The molecule has 5 heteroatoms. The highest BCUT2D eigenvalue weighted by molar-refractivity contribution is 7.07. The molecule has 0 unspecified atom stereocenters. The predicted molar refractivity (Wildman–Crippen MR) is 52.3 cm³/mol. The van der Waals surface area contributed by atoms with Gasteiger partial charge in [-0.3, -0.25) is 4.79 Å². The van der Waals surface area contributed by atoms with Crippen LogP contribution in [-0.2, 0) is 0 Å². The minimum absolute atomic E-state index is 0.121. The molecule has 0 N–H and O–H groups in total. The van der Waals surface area contributed by atoms with Gasteiger partial charge in [-0.25, -0.2) is 15.0 Å². The van der Waals surface area contributed by atoms with Gasteiger partial charge in [0.2, 0.25) is 5.78 Å². The zero-order valence-electron chi connectivity index (χ0n) is 7.47. The van der Waals surface area contributed by atoms with Crippen LogP contribution in [0.25, 0.3) is 0 Å². The Balaban J connectivity index is 2.42. The average molecular weight is 205 g/mol. The van der Waals surface area contributed by atoms with E-state index in [4.69, 9.17) is 0 Å². The Hall–Kier alpha value is -1.62. The maximum atomic E-state index is 11.8. The molecule has 4 nitrogen and oxygen atoms in total. The Kier molecular flexibility index (Phi) is 2.32. The van der Waals surface area contributed by atoms with Crippen molar-refractivity contribution in [3.63, 3.8) is 0 Å². The van der Waals surface area contributed by atoms with Crippen LogP contribution >= 0.6 is 11.3 Å². The molecule has 2 aromatic rings. The van der Waals surface area contributed by atoms with Gasteiger partial charge >= 0.3 is 0 Å². The summed E-state index contributed by atoms with van der Waals surface area (Å²) in [6.07, 6.45) is 2.94. The van der Waals surface area contributed by atoms with Crippen molar-refractivity contribution in [3.8, 4) is 0 Å². The van der Waals surface area contributed by atoms with Crippen molar-refractivity contribution in [2.75, 3.05) is 0 Å². The zero-order valence-corrected chi connectivity index (χ0v) is 8.28. The quantitative estimate of drug-likeness (QED) is 0.697. The van der Waals surface area contributed by atoms with Crippen LogP contribution in [0.5, 0.6) is 0 Å². The minimum Gasteiger partial charge on any atom is -0.287 e. The monoisotopic (exact) mass is 205 g/mol. The number of hydrogen-bond acceptors (Lipinski definition) is 5. The van der Waals surface area contributed by atoms with Gasteiger partial charge in [-0.2, -0.15) is 0 Å². The molecule has 0 amide bonds. The number of thiazole rings is 1. The van der Waals surface area contributed by atoms with Gasteiger partial charge in [0, 0.05) is 11.6 Å². The van der Waals surface area contributed by atoms with Crippen LogP contribution in [0.15, 0.2) is 23.4 Å². The molecule has 0 radical (unpaired) electrons. The lowest BCUT2D eigenvalue weighted by Crippen LogP contribution is -2.05. The maximum Gasteiger partial charge on any atom is 0.215 e. The van der Waals surface area contributed by atoms with Gasteiger partial charge in [0.1, 0.15) is 12.0 Å². The van der Waals surface area contributed by atoms with Gasteiger partial charge in [-0.15, -0.1) is 11.3 Å². The van der Waals surface area contributed by atoms with E-state index >= 15 is 0 Å². The Bertz CT molecular complexity index is 453. The molecule has 2 aromatic heterocycles. The van der Waals surface area contributed by atoms with E-state index in [0.29, 0.717) is 17.0 Å². The third-order valence-corrected chi connectivity index (χ3v) is 2.41. The Labute approximate surface area is 84.7 Å². The van der Waals surface area contributed by atoms with Crippen molar-refractivity contribution in [3.05, 3.63) is 40.4 Å². The molecule has 0 atom stereocenters. The molecule has 0 saturated carbocycles. The third-order valence-electron chi connectivity index (χ3n) is 1.82. The van der Waals surface area contributed by atoms with E-state index in [-0.39, 0.29) is 5.78 Å². The smallest absolute Gasteiger partial charge is 0.215 e. The summed E-state index contributed by atoms with van der Waals surface area (Å²) in [5, 5.41) is 1.72. The molecule has 0 aliphatic heterocycles. The van der Waals surface area contributed by atoms with Gasteiger partial charge in [-0.1, -0.05) is 0 Å². The summed E-state index contributed by atoms with van der Waals surface area (Å²) in [5.74, 6) is -0.121. The molecular formula is C9H7N3OS. The van der Waals surface area contributed by atoms with Gasteiger partial charge in [0.25, 0.3) is 0 Å². The number of hydrogen-bond donors (Lipinski definition) is 0. The summed E-state index contributed by atoms with van der Waals surface area (Å²) in [5.41, 5.74) is 3.27. The van der Waals surface area contributed by atoms with Crippen molar-refractivity contribution in [2.24, 2.45) is 0 Å². The predicted octanol–water partition coefficient (Wildman–Crippen LogP) is 1.47. The van der Waals surface area contributed by atoms with E-state index in [1.807, 2.05) is 0 Å². The average Bonchev–Trinajstić information content (AvgIpc) is 2.70. The Morgan fingerprint density at radius 3 is 2.93 bits per heavy atom. The second-order valence-electron chi connectivity index (χ2n) is 2.72. The molecule has 70 valence electrons. The fourth-order valence-electron chi connectivity index (χ4n) is 1.08. The number of aryl methyl sites for hydroxylation is 1. The summed E-state index contributed by atoms with van der Waals surface area (Å²) in [4.78, 5) is 23.5. The van der Waals surface area contributed by atoms with E-state index in [1.165, 1.54) is 23.9 Å². The second-order valence-corrected chi connectivity index (χ2v) is 3.44. The number of rotatable bonds is 2. The van der Waals surface area contributed by atoms with Gasteiger partial charge < -0.3 is 0 Å². The highest BCUT2D eigenvalue weighted by atomic mass is 32.1. The van der Waals surface area contributed by atoms with Crippen LogP contribution in [-0.4, -0.2) is 20.7 Å². The second kappa shape index (κ2) is 3.63. The molecule has 14 heavy (non-hydrogen) atoms. The maximum absolute atomic E-state index is 11.8. The summed E-state index contributed by atoms with van der Waals surface area (Å²) in [6, 6.07) is 0. The van der Waals surface area contributed by atoms with Gasteiger partial charge in [0.15, 0.2) is 0 Å². The van der Waals surface area contributed by atoms with E-state index in [1.54, 1.807) is 17.8 Å². The first-order valence-electron chi connectivity index (χ1n) is 3.98. The minimum atomic E-state index is -0.121. The van der Waals surface area contributed by atoms with Gasteiger partial charge in [-0.05, 0) is 6.92 Å². The molecule has 0 bridgehead atoms. The van der Waals surface area contributed by atoms with Crippen LogP contribution in [0.2, 0.25) is 0 Å². The molecule has 2 rings (SSSR count). The lowest BCUT2D eigenvalue weighted by Gasteiger charge is -1.99. The molecule has 0 aliphatic rings. The number of ketones is 1. The first-order chi connectivity index (χ1) is 6.79. The van der Waals surface area contributed by atoms with Gasteiger partial charge in [0.05, 0.1) is 16.8 Å². The van der Waals surface area contributed by atoms with Crippen LogP contribution in [0.1, 0.15) is 21.7 Å². The zero-order chi connectivity index (χ0) is 9.97. The fourth-order valence-corrected chi connectivity index (χ4v) is 1.61. The molecule has 0 fully saturated rings. The van der Waals surface area contributed by atoms with Crippen LogP contribution in [0.3, 0.4) is 0 Å². The molecular weight excluding hydrogens is 198 g/mol. The first kappa shape index (κ1) is 8.96. The van der Waals surface area contributed by atoms with E-state index in [9.17, 15) is 4.79 Å². The van der Waals surface area contributed by atoms with E-state index in [0.717, 1.165) is 0 Å². The van der Waals surface area contributed by atoms with Crippen molar-refractivity contribution in [1.29, 1.82) is 0 Å². The Morgan fingerprint density at radius 1 is 1.43 bits per heavy atom. The highest BCUT2D eigenvalue weighted by Gasteiger charge is 2.13. The van der Waals surface area contributed by atoms with Crippen molar-refractivity contribution in [2.45, 2.75) is 6.92 Å². The van der Waals surface area contributed by atoms with Crippen LogP contribution in [0.4, 0.5) is 0 Å². The third kappa shape index (κ3) is 1.54. The molecule has 0 aliphatic carbocycles. The number of aromatic nitrogens is 3. The lowest BCUT2D eigenvalue weighted by atomic mass is 10.1. The van der Waals surface area contributed by atoms with Crippen molar-refractivity contribution >= 4 is 17.1 Å². The lowest BCUT2D eigenvalue weighted by molar-refractivity contribution is 0.103. The summed E-state index contributed by atoms with van der Waals surface area (Å²) >= 11 is 1.40.